The SMILES string of the molecule is CC1CCN(C(=O)c2ccc(F)cc2I)C1CO. The highest BCUT2D eigenvalue weighted by atomic mass is 127. The molecular weight excluding hydrogens is 348 g/mol. The normalized spacial score (nSPS) is 23.4. The number of halogens is 2. The van der Waals surface area contributed by atoms with Crippen molar-refractivity contribution in [1.82, 2.24) is 4.90 Å². The second-order valence-corrected chi connectivity index (χ2v) is 5.80. The number of aliphatic hydroxyl groups excluding tert-OH is 1. The highest BCUT2D eigenvalue weighted by molar-refractivity contribution is 14.1. The molecule has 1 fully saturated rings. The molecular formula is C13H15FINO2. The van der Waals surface area contributed by atoms with Crippen LogP contribution in [0.4, 0.5) is 4.39 Å². The summed E-state index contributed by atoms with van der Waals surface area (Å²) in [5.74, 6) is -0.163. The Kier molecular flexibility index (Phi) is 4.21. The van der Waals surface area contributed by atoms with E-state index in [1.165, 1.54) is 18.2 Å². The van der Waals surface area contributed by atoms with Crippen molar-refractivity contribution < 1.29 is 14.3 Å². The van der Waals surface area contributed by atoms with Crippen molar-refractivity contribution in [2.24, 2.45) is 5.92 Å². The van der Waals surface area contributed by atoms with Crippen molar-refractivity contribution in [3.05, 3.63) is 33.1 Å². The lowest BCUT2D eigenvalue weighted by Crippen LogP contribution is -2.40. The Morgan fingerprint density at radius 2 is 2.33 bits per heavy atom. The zero-order chi connectivity index (χ0) is 13.3. The van der Waals surface area contributed by atoms with Crippen LogP contribution in [-0.4, -0.2) is 35.1 Å². The number of nitrogens with zero attached hydrogens (tertiary/aromatic N) is 1. The molecule has 3 nitrogen and oxygen atoms in total. The molecule has 1 amide bonds. The number of carbonyl (C=O) groups excluding carboxylic acids is 1. The van der Waals surface area contributed by atoms with E-state index in [4.69, 9.17) is 0 Å². The van der Waals surface area contributed by atoms with E-state index in [0.29, 0.717) is 21.6 Å². The molecule has 0 bridgehead atoms. The Bertz CT molecular complexity index is 466. The second kappa shape index (κ2) is 5.52. The largest absolute Gasteiger partial charge is 0.394 e. The number of hydrogen-bond donors (Lipinski definition) is 1. The van der Waals surface area contributed by atoms with Crippen LogP contribution < -0.4 is 0 Å². The summed E-state index contributed by atoms with van der Waals surface area (Å²) in [6.45, 7) is 2.66. The predicted molar refractivity (Wildman–Crippen MR) is 74.8 cm³/mol. The molecule has 2 atom stereocenters. The van der Waals surface area contributed by atoms with Crippen LogP contribution >= 0.6 is 22.6 Å². The molecule has 0 radical (unpaired) electrons. The molecule has 1 aliphatic heterocycles. The molecule has 2 unspecified atom stereocenters. The van der Waals surface area contributed by atoms with E-state index in [1.807, 2.05) is 29.5 Å². The zero-order valence-corrected chi connectivity index (χ0v) is 12.2. The van der Waals surface area contributed by atoms with Gasteiger partial charge in [0, 0.05) is 10.1 Å². The molecule has 0 aromatic heterocycles. The predicted octanol–water partition coefficient (Wildman–Crippen LogP) is 2.27. The maximum absolute atomic E-state index is 13.0. The maximum Gasteiger partial charge on any atom is 0.255 e. The highest BCUT2D eigenvalue weighted by Gasteiger charge is 2.34. The van der Waals surface area contributed by atoms with Crippen molar-refractivity contribution >= 4 is 28.5 Å². The van der Waals surface area contributed by atoms with Crippen molar-refractivity contribution in [3.63, 3.8) is 0 Å². The van der Waals surface area contributed by atoms with Crippen LogP contribution in [0.25, 0.3) is 0 Å². The van der Waals surface area contributed by atoms with Gasteiger partial charge < -0.3 is 10.0 Å². The van der Waals surface area contributed by atoms with Crippen molar-refractivity contribution in [2.75, 3.05) is 13.2 Å². The minimum Gasteiger partial charge on any atom is -0.394 e. The molecule has 18 heavy (non-hydrogen) atoms. The van der Waals surface area contributed by atoms with Gasteiger partial charge in [0.1, 0.15) is 5.82 Å². The summed E-state index contributed by atoms with van der Waals surface area (Å²) in [5, 5.41) is 9.36. The average molecular weight is 363 g/mol. The second-order valence-electron chi connectivity index (χ2n) is 4.64. The third-order valence-corrected chi connectivity index (χ3v) is 4.38. The summed E-state index contributed by atoms with van der Waals surface area (Å²) in [5.41, 5.74) is 0.504. The number of likely N-dealkylation sites (tertiary alicyclic amines) is 1. The van der Waals surface area contributed by atoms with Crippen LogP contribution in [0.3, 0.4) is 0 Å². The van der Waals surface area contributed by atoms with E-state index < -0.39 is 0 Å². The van der Waals surface area contributed by atoms with Gasteiger partial charge >= 0.3 is 0 Å². The molecule has 1 aromatic carbocycles. The van der Waals surface area contributed by atoms with Gasteiger partial charge in [-0.05, 0) is 53.1 Å². The minimum atomic E-state index is -0.343. The van der Waals surface area contributed by atoms with Gasteiger partial charge in [0.25, 0.3) is 5.91 Å². The molecule has 0 aliphatic carbocycles. The molecule has 2 rings (SSSR count). The fraction of sp³-hybridized carbons (Fsp3) is 0.462. The van der Waals surface area contributed by atoms with Crippen LogP contribution in [0.2, 0.25) is 0 Å². The van der Waals surface area contributed by atoms with Crippen LogP contribution in [0.1, 0.15) is 23.7 Å². The molecule has 0 spiro atoms. The van der Waals surface area contributed by atoms with E-state index in [1.54, 1.807) is 4.90 Å². The minimum absolute atomic E-state index is 0.0231. The molecule has 1 aromatic rings. The molecule has 1 N–H and O–H groups in total. The van der Waals surface area contributed by atoms with Crippen LogP contribution in [-0.2, 0) is 0 Å². The van der Waals surface area contributed by atoms with Crippen LogP contribution in [0, 0.1) is 15.3 Å². The molecule has 98 valence electrons. The zero-order valence-electron chi connectivity index (χ0n) is 10.1. The number of amides is 1. The summed E-state index contributed by atoms with van der Waals surface area (Å²) < 4.78 is 13.6. The van der Waals surface area contributed by atoms with E-state index in [0.717, 1.165) is 6.42 Å². The Balaban J connectivity index is 2.26. The third kappa shape index (κ3) is 2.51. The molecule has 1 saturated heterocycles. The molecule has 0 saturated carbocycles. The van der Waals surface area contributed by atoms with Crippen LogP contribution in [0.15, 0.2) is 18.2 Å². The first-order valence-corrected chi connectivity index (χ1v) is 6.99. The van der Waals surface area contributed by atoms with Gasteiger partial charge in [0.15, 0.2) is 0 Å². The summed E-state index contributed by atoms with van der Waals surface area (Å²) in [7, 11) is 0. The van der Waals surface area contributed by atoms with Gasteiger partial charge in [-0.1, -0.05) is 6.92 Å². The lowest BCUT2D eigenvalue weighted by molar-refractivity contribution is 0.0647. The topological polar surface area (TPSA) is 40.5 Å². The smallest absolute Gasteiger partial charge is 0.255 e. The number of hydrogen-bond acceptors (Lipinski definition) is 2. The van der Waals surface area contributed by atoms with Crippen molar-refractivity contribution in [1.29, 1.82) is 0 Å². The summed E-state index contributed by atoms with van der Waals surface area (Å²) >= 11 is 1.96. The Morgan fingerprint density at radius 3 is 2.94 bits per heavy atom. The number of rotatable bonds is 2. The monoisotopic (exact) mass is 363 g/mol. The Labute approximate surface area is 119 Å². The van der Waals surface area contributed by atoms with E-state index in [2.05, 4.69) is 0 Å². The molecule has 5 heteroatoms. The molecule has 1 heterocycles. The third-order valence-electron chi connectivity index (χ3n) is 3.49. The van der Waals surface area contributed by atoms with Gasteiger partial charge in [-0.25, -0.2) is 4.39 Å². The number of aliphatic hydroxyl groups is 1. The van der Waals surface area contributed by atoms with Crippen molar-refractivity contribution in [2.45, 2.75) is 19.4 Å². The van der Waals surface area contributed by atoms with E-state index in [9.17, 15) is 14.3 Å². The van der Waals surface area contributed by atoms with E-state index in [-0.39, 0.29) is 24.4 Å². The van der Waals surface area contributed by atoms with E-state index >= 15 is 0 Å². The van der Waals surface area contributed by atoms with Gasteiger partial charge in [-0.15, -0.1) is 0 Å². The van der Waals surface area contributed by atoms with Gasteiger partial charge in [-0.3, -0.25) is 4.79 Å². The fourth-order valence-electron chi connectivity index (χ4n) is 2.36. The van der Waals surface area contributed by atoms with Gasteiger partial charge in [-0.2, -0.15) is 0 Å². The Morgan fingerprint density at radius 1 is 1.61 bits per heavy atom. The summed E-state index contributed by atoms with van der Waals surface area (Å²) in [6.07, 6.45) is 0.898. The molecule has 1 aliphatic rings. The lowest BCUT2D eigenvalue weighted by Gasteiger charge is -2.25. The average Bonchev–Trinajstić information content (AvgIpc) is 2.69. The Hall–Kier alpha value is -0.690. The van der Waals surface area contributed by atoms with Gasteiger partial charge in [0.05, 0.1) is 18.2 Å². The standard InChI is InChI=1S/C13H15FINO2/c1-8-4-5-16(12(8)7-17)13(18)10-3-2-9(14)6-11(10)15/h2-3,6,8,12,17H,4-5,7H2,1H3. The first-order chi connectivity index (χ1) is 8.54. The maximum atomic E-state index is 13.0. The lowest BCUT2D eigenvalue weighted by atomic mass is 10.0. The van der Waals surface area contributed by atoms with Gasteiger partial charge in [0.2, 0.25) is 0 Å². The highest BCUT2D eigenvalue weighted by Crippen LogP contribution is 2.26. The first-order valence-electron chi connectivity index (χ1n) is 5.91. The number of benzene rings is 1. The number of carbonyl (C=O) groups is 1. The first kappa shape index (κ1) is 13.7. The fourth-order valence-corrected chi connectivity index (χ4v) is 3.06. The quantitative estimate of drug-likeness (QED) is 0.820. The summed E-state index contributed by atoms with van der Waals surface area (Å²) in [4.78, 5) is 14.1. The van der Waals surface area contributed by atoms with Crippen LogP contribution in [0.5, 0.6) is 0 Å². The van der Waals surface area contributed by atoms with Crippen molar-refractivity contribution in [3.8, 4) is 0 Å². The summed E-state index contributed by atoms with van der Waals surface area (Å²) in [6, 6.07) is 4.03.